The molecule has 0 amide bonds. The van der Waals surface area contributed by atoms with Crippen LogP contribution in [0.2, 0.25) is 0 Å². The van der Waals surface area contributed by atoms with Crippen molar-refractivity contribution in [2.45, 2.75) is 33.1 Å². The number of rotatable bonds is 2. The molecule has 0 spiro atoms. The highest BCUT2D eigenvalue weighted by Gasteiger charge is 2.54. The van der Waals surface area contributed by atoms with Gasteiger partial charge in [0.15, 0.2) is 0 Å². The standard InChI is InChI=1S/C13H24N2/c1-12-7-14-8-13(12,2)10-15(9-12)6-11-4-3-5-11/h11,14H,3-10H2,1-2H3/t12-,13+. The quantitative estimate of drug-likeness (QED) is 0.743. The first-order chi connectivity index (χ1) is 7.11. The van der Waals surface area contributed by atoms with Gasteiger partial charge in [0, 0.05) is 43.6 Å². The summed E-state index contributed by atoms with van der Waals surface area (Å²) in [6.07, 6.45) is 4.46. The second-order valence-corrected chi connectivity index (χ2v) is 6.69. The van der Waals surface area contributed by atoms with Crippen molar-refractivity contribution in [2.75, 3.05) is 32.7 Å². The van der Waals surface area contributed by atoms with Crippen LogP contribution in [0.1, 0.15) is 33.1 Å². The lowest BCUT2D eigenvalue weighted by atomic mass is 9.71. The van der Waals surface area contributed by atoms with Gasteiger partial charge in [-0.15, -0.1) is 0 Å². The van der Waals surface area contributed by atoms with E-state index in [1.807, 2.05) is 0 Å². The Morgan fingerprint density at radius 3 is 2.20 bits per heavy atom. The zero-order valence-corrected chi connectivity index (χ0v) is 10.2. The predicted octanol–water partition coefficient (Wildman–Crippen LogP) is 1.72. The number of nitrogens with one attached hydrogen (secondary N) is 1. The molecule has 2 nitrogen and oxygen atoms in total. The van der Waals surface area contributed by atoms with E-state index in [1.165, 1.54) is 52.0 Å². The smallest absolute Gasteiger partial charge is 0.00541 e. The SMILES string of the molecule is C[C@@]12CNC[C@]1(C)CN(CC1CCC1)C2. The molecule has 3 rings (SSSR count). The summed E-state index contributed by atoms with van der Waals surface area (Å²) in [6.45, 7) is 11.4. The van der Waals surface area contributed by atoms with Gasteiger partial charge in [-0.05, 0) is 18.8 Å². The summed E-state index contributed by atoms with van der Waals surface area (Å²) >= 11 is 0. The molecule has 0 radical (unpaired) electrons. The van der Waals surface area contributed by atoms with Crippen LogP contribution in [-0.4, -0.2) is 37.6 Å². The van der Waals surface area contributed by atoms with E-state index in [0.29, 0.717) is 10.8 Å². The van der Waals surface area contributed by atoms with Gasteiger partial charge in [-0.25, -0.2) is 0 Å². The van der Waals surface area contributed by atoms with Gasteiger partial charge in [-0.1, -0.05) is 20.3 Å². The average Bonchev–Trinajstić information content (AvgIpc) is 2.46. The lowest BCUT2D eigenvalue weighted by Gasteiger charge is -2.31. The number of hydrogen-bond donors (Lipinski definition) is 1. The van der Waals surface area contributed by atoms with E-state index in [2.05, 4.69) is 24.1 Å². The Balaban J connectivity index is 1.66. The Morgan fingerprint density at radius 1 is 1.13 bits per heavy atom. The average molecular weight is 208 g/mol. The minimum Gasteiger partial charge on any atom is -0.316 e. The van der Waals surface area contributed by atoms with Crippen LogP contribution in [0.4, 0.5) is 0 Å². The largest absolute Gasteiger partial charge is 0.316 e. The molecule has 2 aliphatic heterocycles. The molecule has 15 heavy (non-hydrogen) atoms. The van der Waals surface area contributed by atoms with E-state index in [0.717, 1.165) is 5.92 Å². The Morgan fingerprint density at radius 2 is 1.73 bits per heavy atom. The fraction of sp³-hybridized carbons (Fsp3) is 1.00. The van der Waals surface area contributed by atoms with Crippen molar-refractivity contribution < 1.29 is 0 Å². The molecule has 86 valence electrons. The molecule has 1 aliphatic carbocycles. The lowest BCUT2D eigenvalue weighted by molar-refractivity contribution is 0.187. The summed E-state index contributed by atoms with van der Waals surface area (Å²) < 4.78 is 0. The summed E-state index contributed by atoms with van der Waals surface area (Å²) in [7, 11) is 0. The Hall–Kier alpha value is -0.0800. The molecule has 2 heterocycles. The lowest BCUT2D eigenvalue weighted by Crippen LogP contribution is -2.34. The molecular formula is C13H24N2. The Labute approximate surface area is 93.4 Å². The second-order valence-electron chi connectivity index (χ2n) is 6.69. The van der Waals surface area contributed by atoms with Crippen molar-refractivity contribution in [3.63, 3.8) is 0 Å². The van der Waals surface area contributed by atoms with E-state index < -0.39 is 0 Å². The first-order valence-corrected chi connectivity index (χ1v) is 6.54. The van der Waals surface area contributed by atoms with Gasteiger partial charge in [-0.2, -0.15) is 0 Å². The molecule has 0 aromatic rings. The van der Waals surface area contributed by atoms with Gasteiger partial charge < -0.3 is 10.2 Å². The fourth-order valence-electron chi connectivity index (χ4n) is 3.75. The molecule has 3 fully saturated rings. The maximum Gasteiger partial charge on any atom is 0.00541 e. The number of nitrogens with zero attached hydrogens (tertiary/aromatic N) is 1. The summed E-state index contributed by atoms with van der Waals surface area (Å²) in [6, 6.07) is 0. The molecule has 0 aromatic carbocycles. The Kier molecular flexibility index (Phi) is 2.16. The number of hydrogen-bond acceptors (Lipinski definition) is 2. The van der Waals surface area contributed by atoms with Gasteiger partial charge in [0.05, 0.1) is 0 Å². The summed E-state index contributed by atoms with van der Waals surface area (Å²) in [5, 5.41) is 3.58. The van der Waals surface area contributed by atoms with Gasteiger partial charge in [0.2, 0.25) is 0 Å². The zero-order chi connectivity index (χ0) is 10.5. The molecule has 0 aromatic heterocycles. The van der Waals surface area contributed by atoms with Crippen LogP contribution in [0.15, 0.2) is 0 Å². The van der Waals surface area contributed by atoms with Crippen LogP contribution in [0.3, 0.4) is 0 Å². The minimum atomic E-state index is 0.538. The monoisotopic (exact) mass is 208 g/mol. The van der Waals surface area contributed by atoms with E-state index >= 15 is 0 Å². The molecular weight excluding hydrogens is 184 g/mol. The predicted molar refractivity (Wildman–Crippen MR) is 62.9 cm³/mol. The third-order valence-electron chi connectivity index (χ3n) is 5.37. The highest BCUT2D eigenvalue weighted by atomic mass is 15.2. The first-order valence-electron chi connectivity index (χ1n) is 6.54. The van der Waals surface area contributed by atoms with E-state index in [4.69, 9.17) is 0 Å². The maximum atomic E-state index is 3.58. The van der Waals surface area contributed by atoms with Crippen molar-refractivity contribution in [1.29, 1.82) is 0 Å². The van der Waals surface area contributed by atoms with Crippen LogP contribution in [0, 0.1) is 16.7 Å². The number of fused-ring (bicyclic) bond motifs is 1. The van der Waals surface area contributed by atoms with Crippen molar-refractivity contribution >= 4 is 0 Å². The highest BCUT2D eigenvalue weighted by Crippen LogP contribution is 2.48. The first kappa shape index (κ1) is 10.1. The third kappa shape index (κ3) is 1.45. The maximum absolute atomic E-state index is 3.58. The molecule has 1 saturated carbocycles. The van der Waals surface area contributed by atoms with Crippen molar-refractivity contribution in [3.05, 3.63) is 0 Å². The second kappa shape index (κ2) is 3.21. The van der Waals surface area contributed by atoms with Gasteiger partial charge in [-0.3, -0.25) is 0 Å². The summed E-state index contributed by atoms with van der Waals surface area (Å²) in [5.74, 6) is 1.03. The molecule has 0 unspecified atom stereocenters. The van der Waals surface area contributed by atoms with Crippen LogP contribution >= 0.6 is 0 Å². The molecule has 1 N–H and O–H groups in total. The molecule has 2 heteroatoms. The molecule has 2 saturated heterocycles. The van der Waals surface area contributed by atoms with E-state index in [9.17, 15) is 0 Å². The molecule has 2 atom stereocenters. The van der Waals surface area contributed by atoms with E-state index in [1.54, 1.807) is 0 Å². The summed E-state index contributed by atoms with van der Waals surface area (Å²) in [5.41, 5.74) is 1.08. The highest BCUT2D eigenvalue weighted by molar-refractivity contribution is 5.08. The van der Waals surface area contributed by atoms with Crippen LogP contribution < -0.4 is 5.32 Å². The fourth-order valence-corrected chi connectivity index (χ4v) is 3.75. The summed E-state index contributed by atoms with van der Waals surface area (Å²) in [4.78, 5) is 2.74. The van der Waals surface area contributed by atoms with E-state index in [-0.39, 0.29) is 0 Å². The van der Waals surface area contributed by atoms with Gasteiger partial charge in [0.1, 0.15) is 0 Å². The molecule has 3 aliphatic rings. The topological polar surface area (TPSA) is 15.3 Å². The Bertz CT molecular complexity index is 243. The van der Waals surface area contributed by atoms with Crippen LogP contribution in [0.5, 0.6) is 0 Å². The normalized spacial score (nSPS) is 46.8. The van der Waals surface area contributed by atoms with Crippen LogP contribution in [-0.2, 0) is 0 Å². The van der Waals surface area contributed by atoms with Crippen molar-refractivity contribution in [2.24, 2.45) is 16.7 Å². The van der Waals surface area contributed by atoms with Crippen molar-refractivity contribution in [3.8, 4) is 0 Å². The zero-order valence-electron chi connectivity index (χ0n) is 10.2. The minimum absolute atomic E-state index is 0.538. The van der Waals surface area contributed by atoms with Crippen molar-refractivity contribution in [1.82, 2.24) is 10.2 Å². The van der Waals surface area contributed by atoms with Gasteiger partial charge in [0.25, 0.3) is 0 Å². The van der Waals surface area contributed by atoms with Crippen LogP contribution in [0.25, 0.3) is 0 Å². The molecule has 0 bridgehead atoms. The van der Waals surface area contributed by atoms with Gasteiger partial charge >= 0.3 is 0 Å². The number of likely N-dealkylation sites (tertiary alicyclic amines) is 1. The third-order valence-corrected chi connectivity index (χ3v) is 5.37.